The van der Waals surface area contributed by atoms with E-state index in [1.54, 1.807) is 0 Å². The summed E-state index contributed by atoms with van der Waals surface area (Å²) in [5.74, 6) is 2.01. The van der Waals surface area contributed by atoms with Crippen molar-refractivity contribution >= 4 is 5.95 Å². The summed E-state index contributed by atoms with van der Waals surface area (Å²) < 4.78 is 2.09. The van der Waals surface area contributed by atoms with Crippen LogP contribution in [0.4, 0.5) is 5.95 Å². The molecule has 2 rings (SSSR count). The molecule has 1 aliphatic heterocycles. The van der Waals surface area contributed by atoms with Gasteiger partial charge in [-0.15, -0.1) is 10.2 Å². The van der Waals surface area contributed by atoms with E-state index in [1.807, 2.05) is 14.1 Å². The van der Waals surface area contributed by atoms with Crippen molar-refractivity contribution in [3.8, 4) is 0 Å². The molecule has 1 N–H and O–H groups in total. The molecule has 5 nitrogen and oxygen atoms in total. The van der Waals surface area contributed by atoms with Gasteiger partial charge in [0.15, 0.2) is 0 Å². The average Bonchev–Trinajstić information content (AvgIpc) is 2.63. The molecule has 1 aromatic heterocycles. The van der Waals surface area contributed by atoms with Crippen LogP contribution in [-0.4, -0.2) is 34.9 Å². The molecule has 1 saturated heterocycles. The number of nitrogens with zero attached hydrogens (tertiary/aromatic N) is 4. The molecule has 15 heavy (non-hydrogen) atoms. The summed E-state index contributed by atoms with van der Waals surface area (Å²) in [6.07, 6.45) is 3.89. The lowest BCUT2D eigenvalue weighted by molar-refractivity contribution is 0.560. The second-order valence-electron chi connectivity index (χ2n) is 4.05. The van der Waals surface area contributed by atoms with E-state index >= 15 is 0 Å². The molecule has 1 fully saturated rings. The normalized spacial score (nSPS) is 17.1. The smallest absolute Gasteiger partial charge is 0.227 e. The van der Waals surface area contributed by atoms with Crippen molar-refractivity contribution in [3.05, 3.63) is 5.82 Å². The Morgan fingerprint density at radius 1 is 1.20 bits per heavy atom. The van der Waals surface area contributed by atoms with Crippen LogP contribution in [0.1, 0.15) is 25.1 Å². The zero-order valence-electron chi connectivity index (χ0n) is 9.53. The van der Waals surface area contributed by atoms with Crippen LogP contribution in [0, 0.1) is 0 Å². The number of hydrogen-bond donors (Lipinski definition) is 1. The minimum atomic E-state index is 0.775. The van der Waals surface area contributed by atoms with E-state index in [-0.39, 0.29) is 0 Å². The lowest BCUT2D eigenvalue weighted by atomic mass is 10.1. The molecular formula is C10H19N5. The summed E-state index contributed by atoms with van der Waals surface area (Å²) >= 11 is 0. The van der Waals surface area contributed by atoms with E-state index in [0.717, 1.165) is 31.4 Å². The van der Waals surface area contributed by atoms with E-state index in [0.29, 0.717) is 0 Å². The Morgan fingerprint density at radius 3 is 2.60 bits per heavy atom. The van der Waals surface area contributed by atoms with E-state index in [4.69, 9.17) is 0 Å². The van der Waals surface area contributed by atoms with Crippen molar-refractivity contribution in [1.82, 2.24) is 20.1 Å². The SMILES string of the molecule is CNCc1nnc(N2CCCCC2)n1C. The maximum atomic E-state index is 4.26. The molecule has 0 saturated carbocycles. The number of anilines is 1. The van der Waals surface area contributed by atoms with Crippen LogP contribution in [0.3, 0.4) is 0 Å². The van der Waals surface area contributed by atoms with Gasteiger partial charge in [0.25, 0.3) is 0 Å². The number of hydrogen-bond acceptors (Lipinski definition) is 4. The molecule has 1 aliphatic rings. The maximum absolute atomic E-state index is 4.26. The third kappa shape index (κ3) is 2.12. The summed E-state index contributed by atoms with van der Waals surface area (Å²) in [4.78, 5) is 2.33. The van der Waals surface area contributed by atoms with E-state index < -0.39 is 0 Å². The van der Waals surface area contributed by atoms with Gasteiger partial charge in [0, 0.05) is 20.1 Å². The third-order valence-corrected chi connectivity index (χ3v) is 2.92. The van der Waals surface area contributed by atoms with Gasteiger partial charge in [-0.1, -0.05) is 0 Å². The summed E-state index contributed by atoms with van der Waals surface area (Å²) in [7, 11) is 3.96. The summed E-state index contributed by atoms with van der Waals surface area (Å²) in [6.45, 7) is 3.01. The maximum Gasteiger partial charge on any atom is 0.227 e. The van der Waals surface area contributed by atoms with Gasteiger partial charge in [-0.05, 0) is 26.3 Å². The summed E-state index contributed by atoms with van der Waals surface area (Å²) in [5.41, 5.74) is 0. The number of piperidine rings is 1. The Bertz CT molecular complexity index is 314. The van der Waals surface area contributed by atoms with Crippen molar-refractivity contribution in [2.24, 2.45) is 7.05 Å². The van der Waals surface area contributed by atoms with Crippen LogP contribution < -0.4 is 10.2 Å². The first-order chi connectivity index (χ1) is 7.33. The molecule has 0 unspecified atom stereocenters. The van der Waals surface area contributed by atoms with Gasteiger partial charge in [0.05, 0.1) is 6.54 Å². The van der Waals surface area contributed by atoms with Gasteiger partial charge in [0.2, 0.25) is 5.95 Å². The Labute approximate surface area is 90.5 Å². The van der Waals surface area contributed by atoms with E-state index in [9.17, 15) is 0 Å². The van der Waals surface area contributed by atoms with Crippen molar-refractivity contribution < 1.29 is 0 Å². The molecule has 0 spiro atoms. The van der Waals surface area contributed by atoms with Crippen LogP contribution >= 0.6 is 0 Å². The number of aromatic nitrogens is 3. The quantitative estimate of drug-likeness (QED) is 0.788. The second kappa shape index (κ2) is 4.61. The molecule has 1 aromatic rings. The fraction of sp³-hybridized carbons (Fsp3) is 0.800. The Balaban J connectivity index is 2.13. The molecule has 0 radical (unpaired) electrons. The Kier molecular flexibility index (Phi) is 3.20. The van der Waals surface area contributed by atoms with Crippen LogP contribution in [0.25, 0.3) is 0 Å². The fourth-order valence-electron chi connectivity index (χ4n) is 2.03. The molecule has 2 heterocycles. The first-order valence-corrected chi connectivity index (χ1v) is 5.60. The molecule has 84 valence electrons. The van der Waals surface area contributed by atoms with E-state index in [2.05, 4.69) is 25.0 Å². The average molecular weight is 209 g/mol. The molecule has 0 atom stereocenters. The summed E-state index contributed by atoms with van der Waals surface area (Å²) in [5, 5.41) is 11.5. The predicted molar refractivity (Wildman–Crippen MR) is 59.8 cm³/mol. The topological polar surface area (TPSA) is 46.0 Å². The molecule has 0 amide bonds. The van der Waals surface area contributed by atoms with Crippen LogP contribution in [0.5, 0.6) is 0 Å². The largest absolute Gasteiger partial charge is 0.341 e. The van der Waals surface area contributed by atoms with Crippen LogP contribution in [0.2, 0.25) is 0 Å². The van der Waals surface area contributed by atoms with Crippen molar-refractivity contribution in [1.29, 1.82) is 0 Å². The Morgan fingerprint density at radius 2 is 1.93 bits per heavy atom. The van der Waals surface area contributed by atoms with Gasteiger partial charge < -0.3 is 10.2 Å². The van der Waals surface area contributed by atoms with Gasteiger partial charge in [0.1, 0.15) is 5.82 Å². The fourth-order valence-corrected chi connectivity index (χ4v) is 2.03. The molecule has 0 aliphatic carbocycles. The van der Waals surface area contributed by atoms with Gasteiger partial charge in [-0.3, -0.25) is 4.57 Å². The highest BCUT2D eigenvalue weighted by atomic mass is 15.4. The van der Waals surface area contributed by atoms with Crippen molar-refractivity contribution in [3.63, 3.8) is 0 Å². The van der Waals surface area contributed by atoms with Crippen LogP contribution in [-0.2, 0) is 13.6 Å². The lowest BCUT2D eigenvalue weighted by Crippen LogP contribution is -2.31. The van der Waals surface area contributed by atoms with Gasteiger partial charge >= 0.3 is 0 Å². The highest BCUT2D eigenvalue weighted by Crippen LogP contribution is 2.17. The Hall–Kier alpha value is -1.10. The van der Waals surface area contributed by atoms with Crippen LogP contribution in [0.15, 0.2) is 0 Å². The predicted octanol–water partition coefficient (Wildman–Crippen LogP) is 0.525. The third-order valence-electron chi connectivity index (χ3n) is 2.92. The van der Waals surface area contributed by atoms with Crippen molar-refractivity contribution in [2.75, 3.05) is 25.0 Å². The molecule has 0 bridgehead atoms. The minimum absolute atomic E-state index is 0.775. The standard InChI is InChI=1S/C10H19N5/c1-11-8-9-12-13-10(14(9)2)15-6-4-3-5-7-15/h11H,3-8H2,1-2H3. The highest BCUT2D eigenvalue weighted by Gasteiger charge is 2.17. The second-order valence-corrected chi connectivity index (χ2v) is 4.05. The van der Waals surface area contributed by atoms with Gasteiger partial charge in [-0.25, -0.2) is 0 Å². The zero-order valence-corrected chi connectivity index (χ0v) is 9.53. The molecule has 0 aromatic carbocycles. The first-order valence-electron chi connectivity index (χ1n) is 5.60. The zero-order chi connectivity index (χ0) is 10.7. The molecule has 5 heteroatoms. The van der Waals surface area contributed by atoms with Crippen molar-refractivity contribution in [2.45, 2.75) is 25.8 Å². The highest BCUT2D eigenvalue weighted by molar-refractivity contribution is 5.31. The number of rotatable bonds is 3. The molecular weight excluding hydrogens is 190 g/mol. The monoisotopic (exact) mass is 209 g/mol. The lowest BCUT2D eigenvalue weighted by Gasteiger charge is -2.27. The minimum Gasteiger partial charge on any atom is -0.341 e. The first kappa shape index (κ1) is 10.4. The van der Waals surface area contributed by atoms with Gasteiger partial charge in [-0.2, -0.15) is 0 Å². The summed E-state index contributed by atoms with van der Waals surface area (Å²) in [6, 6.07) is 0. The number of nitrogens with one attached hydrogen (secondary N) is 1. The van der Waals surface area contributed by atoms with E-state index in [1.165, 1.54) is 19.3 Å².